The van der Waals surface area contributed by atoms with Crippen molar-refractivity contribution in [1.29, 1.82) is 0 Å². The molecule has 2 aliphatic carbocycles. The summed E-state index contributed by atoms with van der Waals surface area (Å²) in [5.74, 6) is 1.37. The van der Waals surface area contributed by atoms with E-state index in [1.165, 1.54) is 37.7 Å². The number of rotatable bonds is 4. The fourth-order valence-electron chi connectivity index (χ4n) is 5.94. The molecule has 1 atom stereocenters. The normalized spacial score (nSPS) is 27.7. The summed E-state index contributed by atoms with van der Waals surface area (Å²) in [5, 5.41) is 0. The van der Waals surface area contributed by atoms with E-state index in [0.29, 0.717) is 17.7 Å². The van der Waals surface area contributed by atoms with Crippen LogP contribution in [0.4, 0.5) is 0 Å². The molecule has 4 aliphatic rings. The Morgan fingerprint density at radius 2 is 1.64 bits per heavy atom. The zero-order chi connectivity index (χ0) is 19.1. The number of carbonyl (C=O) groups excluding carboxylic acids is 2. The van der Waals surface area contributed by atoms with Crippen molar-refractivity contribution in [2.75, 3.05) is 13.1 Å². The third kappa shape index (κ3) is 3.05. The number of likely N-dealkylation sites (tertiary alicyclic amines) is 2. The smallest absolute Gasteiger partial charge is 0.232 e. The van der Waals surface area contributed by atoms with Crippen molar-refractivity contribution in [1.82, 2.24) is 9.80 Å². The zero-order valence-corrected chi connectivity index (χ0v) is 16.8. The molecule has 28 heavy (non-hydrogen) atoms. The van der Waals surface area contributed by atoms with E-state index >= 15 is 0 Å². The van der Waals surface area contributed by atoms with E-state index < -0.39 is 0 Å². The van der Waals surface area contributed by atoms with Crippen LogP contribution in [0, 0.1) is 11.3 Å². The van der Waals surface area contributed by atoms with Gasteiger partial charge in [0.25, 0.3) is 0 Å². The molecule has 5 rings (SSSR count). The van der Waals surface area contributed by atoms with Gasteiger partial charge in [-0.2, -0.15) is 0 Å². The molecule has 4 nitrogen and oxygen atoms in total. The van der Waals surface area contributed by atoms with Gasteiger partial charge in [-0.1, -0.05) is 49.6 Å². The average molecular weight is 381 g/mol. The molecule has 2 aliphatic heterocycles. The van der Waals surface area contributed by atoms with Crippen LogP contribution in [-0.2, 0) is 9.59 Å². The number of benzene rings is 1. The van der Waals surface area contributed by atoms with Crippen LogP contribution in [0.1, 0.15) is 75.8 Å². The first-order valence-corrected chi connectivity index (χ1v) is 11.3. The van der Waals surface area contributed by atoms with E-state index in [1.54, 1.807) is 0 Å². The van der Waals surface area contributed by atoms with E-state index in [2.05, 4.69) is 35.2 Å². The average Bonchev–Trinajstić information content (AvgIpc) is 3.57. The molecule has 2 amide bonds. The van der Waals surface area contributed by atoms with Crippen LogP contribution in [0.15, 0.2) is 30.3 Å². The second kappa shape index (κ2) is 7.20. The third-order valence-corrected chi connectivity index (χ3v) is 7.69. The van der Waals surface area contributed by atoms with Crippen molar-refractivity contribution < 1.29 is 9.59 Å². The first-order valence-electron chi connectivity index (χ1n) is 11.3. The maximum absolute atomic E-state index is 13.4. The minimum Gasteiger partial charge on any atom is -0.343 e. The Bertz CT molecular complexity index is 728. The summed E-state index contributed by atoms with van der Waals surface area (Å²) in [6, 6.07) is 11.2. The van der Waals surface area contributed by atoms with Crippen molar-refractivity contribution in [3.63, 3.8) is 0 Å². The molecule has 2 saturated carbocycles. The summed E-state index contributed by atoms with van der Waals surface area (Å²) in [7, 11) is 0. The van der Waals surface area contributed by atoms with Crippen LogP contribution in [0.2, 0.25) is 0 Å². The molecule has 0 aromatic heterocycles. The Morgan fingerprint density at radius 3 is 2.29 bits per heavy atom. The zero-order valence-electron chi connectivity index (χ0n) is 16.8. The maximum atomic E-state index is 13.4. The summed E-state index contributed by atoms with van der Waals surface area (Å²) in [5.41, 5.74) is 1.15. The largest absolute Gasteiger partial charge is 0.343 e. The third-order valence-electron chi connectivity index (χ3n) is 7.69. The van der Waals surface area contributed by atoms with Crippen LogP contribution >= 0.6 is 0 Å². The first-order chi connectivity index (χ1) is 13.7. The van der Waals surface area contributed by atoms with E-state index in [9.17, 15) is 9.59 Å². The standard InChI is InChI=1S/C24H32N2O2/c27-21(17-18-9-10-18)25-15-11-20(12-16-25)26-22(19-7-3-1-4-8-19)24(23(26)28)13-5-2-6-14-24/h1,3-4,7-8,18,20,22H,2,5-6,9-17H2. The van der Waals surface area contributed by atoms with Crippen molar-refractivity contribution in [3.8, 4) is 0 Å². The Labute approximate surface area is 168 Å². The van der Waals surface area contributed by atoms with Gasteiger partial charge in [0.1, 0.15) is 0 Å². The molecule has 4 fully saturated rings. The van der Waals surface area contributed by atoms with Crippen LogP contribution < -0.4 is 0 Å². The quantitative estimate of drug-likeness (QED) is 0.730. The molecule has 0 radical (unpaired) electrons. The van der Waals surface area contributed by atoms with Crippen LogP contribution in [-0.4, -0.2) is 40.7 Å². The highest BCUT2D eigenvalue weighted by Gasteiger charge is 2.62. The molecule has 0 bridgehead atoms. The molecule has 1 aromatic rings. The summed E-state index contributed by atoms with van der Waals surface area (Å²) < 4.78 is 0. The van der Waals surface area contributed by atoms with Gasteiger partial charge < -0.3 is 9.80 Å². The Morgan fingerprint density at radius 1 is 0.964 bits per heavy atom. The summed E-state index contributed by atoms with van der Waals surface area (Å²) in [6.07, 6.45) is 10.8. The van der Waals surface area contributed by atoms with Gasteiger partial charge in [0.15, 0.2) is 0 Å². The monoisotopic (exact) mass is 380 g/mol. The van der Waals surface area contributed by atoms with E-state index in [0.717, 1.165) is 45.2 Å². The SMILES string of the molecule is O=C(CC1CC1)N1CCC(N2C(=O)C3(CCCCC3)C2c2ccccc2)CC1. The highest BCUT2D eigenvalue weighted by Crippen LogP contribution is 2.59. The lowest BCUT2D eigenvalue weighted by Crippen LogP contribution is -2.67. The number of β-lactam (4-membered cyclic amide) rings is 1. The number of piperidine rings is 1. The molecular weight excluding hydrogens is 348 g/mol. The first kappa shape index (κ1) is 18.2. The Hall–Kier alpha value is -1.84. The summed E-state index contributed by atoms with van der Waals surface area (Å²) in [4.78, 5) is 30.1. The molecular formula is C24H32N2O2. The highest BCUT2D eigenvalue weighted by molar-refractivity contribution is 5.91. The van der Waals surface area contributed by atoms with Crippen molar-refractivity contribution in [3.05, 3.63) is 35.9 Å². The second-order valence-corrected chi connectivity index (χ2v) is 9.50. The minimum atomic E-state index is -0.154. The number of amides is 2. The van der Waals surface area contributed by atoms with E-state index in [1.807, 2.05) is 4.90 Å². The van der Waals surface area contributed by atoms with Crippen LogP contribution in [0.5, 0.6) is 0 Å². The molecule has 1 aromatic carbocycles. The second-order valence-electron chi connectivity index (χ2n) is 9.50. The Balaban J connectivity index is 1.31. The predicted octanol–water partition coefficient (Wildman–Crippen LogP) is 4.31. The fourth-order valence-corrected chi connectivity index (χ4v) is 5.94. The van der Waals surface area contributed by atoms with E-state index in [4.69, 9.17) is 0 Å². The van der Waals surface area contributed by atoms with Crippen LogP contribution in [0.25, 0.3) is 0 Å². The highest BCUT2D eigenvalue weighted by atomic mass is 16.2. The van der Waals surface area contributed by atoms with Gasteiger partial charge in [-0.25, -0.2) is 0 Å². The minimum absolute atomic E-state index is 0.154. The number of hydrogen-bond acceptors (Lipinski definition) is 2. The molecule has 0 N–H and O–H groups in total. The Kier molecular flexibility index (Phi) is 4.68. The predicted molar refractivity (Wildman–Crippen MR) is 108 cm³/mol. The van der Waals surface area contributed by atoms with Gasteiger partial charge in [0.05, 0.1) is 11.5 Å². The molecule has 150 valence electrons. The molecule has 1 spiro atoms. The van der Waals surface area contributed by atoms with Crippen molar-refractivity contribution >= 4 is 11.8 Å². The number of hydrogen-bond donors (Lipinski definition) is 0. The van der Waals surface area contributed by atoms with E-state index in [-0.39, 0.29) is 17.5 Å². The lowest BCUT2D eigenvalue weighted by Gasteiger charge is -2.61. The molecule has 4 heteroatoms. The van der Waals surface area contributed by atoms with Gasteiger partial charge in [-0.15, -0.1) is 0 Å². The maximum Gasteiger partial charge on any atom is 0.232 e. The number of carbonyl (C=O) groups is 2. The van der Waals surface area contributed by atoms with Crippen molar-refractivity contribution in [2.24, 2.45) is 11.3 Å². The van der Waals surface area contributed by atoms with Gasteiger partial charge in [0.2, 0.25) is 11.8 Å². The lowest BCUT2D eigenvalue weighted by molar-refractivity contribution is -0.186. The van der Waals surface area contributed by atoms with Crippen molar-refractivity contribution in [2.45, 2.75) is 76.3 Å². The van der Waals surface area contributed by atoms with Gasteiger partial charge in [-0.05, 0) is 50.0 Å². The fraction of sp³-hybridized carbons (Fsp3) is 0.667. The topological polar surface area (TPSA) is 40.6 Å². The molecule has 1 unspecified atom stereocenters. The molecule has 2 saturated heterocycles. The summed E-state index contributed by atoms with van der Waals surface area (Å²) in [6.45, 7) is 1.63. The number of nitrogens with zero attached hydrogens (tertiary/aromatic N) is 2. The lowest BCUT2D eigenvalue weighted by atomic mass is 9.59. The van der Waals surface area contributed by atoms with Gasteiger partial charge in [-0.3, -0.25) is 9.59 Å². The molecule has 2 heterocycles. The summed E-state index contributed by atoms with van der Waals surface area (Å²) >= 11 is 0. The van der Waals surface area contributed by atoms with Crippen LogP contribution in [0.3, 0.4) is 0 Å². The van der Waals surface area contributed by atoms with Gasteiger partial charge in [0, 0.05) is 25.6 Å². The van der Waals surface area contributed by atoms with Gasteiger partial charge >= 0.3 is 0 Å².